The van der Waals surface area contributed by atoms with E-state index < -0.39 is 35.4 Å². The molecule has 0 bridgehead atoms. The van der Waals surface area contributed by atoms with Crippen LogP contribution in [0.4, 0.5) is 12.7 Å². The largest absolute Gasteiger partial charge is 0.489 e. The minimum absolute atomic E-state index is 0.0855. The van der Waals surface area contributed by atoms with E-state index in [0.29, 0.717) is 5.82 Å². The van der Waals surface area contributed by atoms with Crippen LogP contribution in [0.1, 0.15) is 17.2 Å². The van der Waals surface area contributed by atoms with Crippen LogP contribution in [0.3, 0.4) is 0 Å². The third kappa shape index (κ3) is 5.03. The maximum Gasteiger partial charge on any atom is 0.488 e. The molecule has 0 saturated carbocycles. The maximum atomic E-state index is 14.4. The summed E-state index contributed by atoms with van der Waals surface area (Å²) < 4.78 is 72.6. The number of hydrogen-bond acceptors (Lipinski definition) is 7. The number of hydrogen-bond donors (Lipinski definition) is 1. The molecule has 0 aliphatic rings. The minimum Gasteiger partial charge on any atom is -0.489 e. The molecule has 154 valence electrons. The van der Waals surface area contributed by atoms with Gasteiger partial charge in [-0.05, 0) is 31.2 Å². The number of ether oxygens (including phenoxy) is 1. The van der Waals surface area contributed by atoms with E-state index >= 15 is 0 Å². The average molecular weight is 429 g/mol. The molecule has 0 unspecified atom stereocenters. The second-order valence-corrected chi connectivity index (χ2v) is 6.72. The van der Waals surface area contributed by atoms with E-state index in [-0.39, 0.29) is 28.6 Å². The first kappa shape index (κ1) is 20.6. The van der Waals surface area contributed by atoms with Gasteiger partial charge in [0, 0.05) is 12.1 Å². The topological polar surface area (TPSA) is 104 Å². The number of aryl methyl sites for hydroxylation is 1. The Bertz CT molecular complexity index is 1110. The summed E-state index contributed by atoms with van der Waals surface area (Å²) in [6.45, 7) is 0.699. The van der Waals surface area contributed by atoms with Gasteiger partial charge in [0.1, 0.15) is 42.2 Å². The Labute approximate surface area is 163 Å². The summed E-state index contributed by atoms with van der Waals surface area (Å²) in [6, 6.07) is 6.84. The third-order valence-corrected chi connectivity index (χ3v) is 4.12. The number of benzene rings is 2. The van der Waals surface area contributed by atoms with Gasteiger partial charge < -0.3 is 14.0 Å². The number of aliphatic hydroxyl groups excluding tert-OH is 1. The van der Waals surface area contributed by atoms with Crippen LogP contribution in [-0.2, 0) is 23.7 Å². The lowest BCUT2D eigenvalue weighted by Gasteiger charge is -2.11. The molecule has 0 fully saturated rings. The molecule has 1 N–H and O–H groups in total. The molecule has 2 aromatic carbocycles. The van der Waals surface area contributed by atoms with Gasteiger partial charge in [0.2, 0.25) is 0 Å². The van der Waals surface area contributed by atoms with Gasteiger partial charge in [-0.2, -0.15) is 8.42 Å². The summed E-state index contributed by atoms with van der Waals surface area (Å²) >= 11 is 0. The zero-order valence-electron chi connectivity index (χ0n) is 14.8. The monoisotopic (exact) mass is 429 g/mol. The molecule has 0 aliphatic carbocycles. The van der Waals surface area contributed by atoms with E-state index in [9.17, 15) is 21.1 Å². The van der Waals surface area contributed by atoms with E-state index in [1.54, 1.807) is 6.92 Å². The highest BCUT2D eigenvalue weighted by atomic mass is 32.3. The first-order valence-corrected chi connectivity index (χ1v) is 9.36. The van der Waals surface area contributed by atoms with E-state index in [1.807, 2.05) is 0 Å². The predicted molar refractivity (Wildman–Crippen MR) is 93.4 cm³/mol. The highest BCUT2D eigenvalue weighted by molar-refractivity contribution is 7.81. The van der Waals surface area contributed by atoms with Crippen LogP contribution >= 0.6 is 0 Å². The van der Waals surface area contributed by atoms with Crippen molar-refractivity contribution in [3.63, 3.8) is 0 Å². The molecule has 29 heavy (non-hydrogen) atoms. The fourth-order valence-electron chi connectivity index (χ4n) is 2.47. The van der Waals surface area contributed by atoms with Crippen LogP contribution in [0.2, 0.25) is 0 Å². The van der Waals surface area contributed by atoms with Crippen molar-refractivity contribution in [3.05, 3.63) is 65.2 Å². The van der Waals surface area contributed by atoms with Crippen molar-refractivity contribution >= 4 is 10.5 Å². The van der Waals surface area contributed by atoms with Gasteiger partial charge in [-0.25, -0.2) is 18.4 Å². The lowest BCUT2D eigenvalue weighted by atomic mass is 10.2. The molecule has 12 heteroatoms. The summed E-state index contributed by atoms with van der Waals surface area (Å²) in [5.41, 5.74) is -0.261. The molecule has 0 saturated heterocycles. The predicted octanol–water partition coefficient (Wildman–Crippen LogP) is 2.52. The second kappa shape index (κ2) is 8.09. The molecule has 1 aromatic heterocycles. The summed E-state index contributed by atoms with van der Waals surface area (Å²) in [5.74, 6) is -1.45. The van der Waals surface area contributed by atoms with Gasteiger partial charge >= 0.3 is 10.5 Å². The summed E-state index contributed by atoms with van der Waals surface area (Å²) in [5, 5.41) is 13.0. The van der Waals surface area contributed by atoms with Crippen molar-refractivity contribution in [1.29, 1.82) is 0 Å². The maximum absolute atomic E-state index is 14.4. The fraction of sp³-hybridized carbons (Fsp3) is 0.176. The zero-order valence-corrected chi connectivity index (χ0v) is 15.7. The molecule has 8 nitrogen and oxygen atoms in total. The molecule has 1 heterocycles. The number of aromatic nitrogens is 3. The SMILES string of the molecule is Cc1nc(CO)nn1-c1cc(F)c(COc2ccc(OS(=O)(=O)F)cc2)c(F)c1. The van der Waals surface area contributed by atoms with Gasteiger partial charge in [0.05, 0.1) is 11.3 Å². The Balaban J connectivity index is 1.75. The highest BCUT2D eigenvalue weighted by Gasteiger charge is 2.16. The second-order valence-electron chi connectivity index (χ2n) is 5.77. The van der Waals surface area contributed by atoms with Crippen LogP contribution in [-0.4, -0.2) is 28.3 Å². The fourth-order valence-corrected chi connectivity index (χ4v) is 2.81. The van der Waals surface area contributed by atoms with Gasteiger partial charge in [0.15, 0.2) is 5.82 Å². The normalized spacial score (nSPS) is 11.5. The number of nitrogens with zero attached hydrogens (tertiary/aromatic N) is 3. The van der Waals surface area contributed by atoms with E-state index in [4.69, 9.17) is 9.84 Å². The first-order valence-electron chi connectivity index (χ1n) is 8.05. The smallest absolute Gasteiger partial charge is 0.488 e. The minimum atomic E-state index is -5.15. The number of rotatable bonds is 7. The van der Waals surface area contributed by atoms with Crippen molar-refractivity contribution in [2.75, 3.05) is 0 Å². The number of aliphatic hydroxyl groups is 1. The Morgan fingerprint density at radius 3 is 2.21 bits per heavy atom. The molecule has 0 aliphatic heterocycles. The van der Waals surface area contributed by atoms with Crippen molar-refractivity contribution < 1.29 is 35.1 Å². The van der Waals surface area contributed by atoms with Crippen LogP contribution in [0.5, 0.6) is 11.5 Å². The molecule has 3 aromatic rings. The first-order chi connectivity index (χ1) is 13.7. The average Bonchev–Trinajstić information content (AvgIpc) is 3.02. The molecule has 0 amide bonds. The standard InChI is InChI=1S/C17H14F3N3O5S/c1-10-21-17(8-24)22-23(10)11-6-15(18)14(16(19)7-11)9-27-12-2-4-13(5-3-12)28-29(20,25)26/h2-7,24H,8-9H2,1H3. The Hall–Kier alpha value is -3.12. The van der Waals surface area contributed by atoms with Crippen LogP contribution < -0.4 is 8.92 Å². The van der Waals surface area contributed by atoms with E-state index in [1.165, 1.54) is 16.8 Å². The summed E-state index contributed by atoms with van der Waals surface area (Å²) in [4.78, 5) is 3.95. The molecular weight excluding hydrogens is 415 g/mol. The van der Waals surface area contributed by atoms with Gasteiger partial charge in [-0.1, -0.05) is 3.89 Å². The Morgan fingerprint density at radius 1 is 1.10 bits per heavy atom. The van der Waals surface area contributed by atoms with Gasteiger partial charge in [0.25, 0.3) is 0 Å². The van der Waals surface area contributed by atoms with Crippen LogP contribution in [0, 0.1) is 18.6 Å². The zero-order chi connectivity index (χ0) is 21.2. The van der Waals surface area contributed by atoms with Gasteiger partial charge in [-0.3, -0.25) is 0 Å². The lowest BCUT2D eigenvalue weighted by Crippen LogP contribution is -2.07. The molecule has 0 spiro atoms. The van der Waals surface area contributed by atoms with E-state index in [0.717, 1.165) is 24.3 Å². The van der Waals surface area contributed by atoms with Crippen molar-refractivity contribution in [2.24, 2.45) is 0 Å². The number of halogens is 3. The lowest BCUT2D eigenvalue weighted by molar-refractivity contribution is 0.271. The molecule has 3 rings (SSSR count). The van der Waals surface area contributed by atoms with Crippen molar-refractivity contribution in [2.45, 2.75) is 20.1 Å². The Morgan fingerprint density at radius 2 is 1.69 bits per heavy atom. The Kier molecular flexibility index (Phi) is 5.75. The molecular formula is C17H14F3N3O5S. The quantitative estimate of drug-likeness (QED) is 0.576. The highest BCUT2D eigenvalue weighted by Crippen LogP contribution is 2.23. The summed E-state index contributed by atoms with van der Waals surface area (Å²) in [7, 11) is -5.15. The molecule has 0 atom stereocenters. The summed E-state index contributed by atoms with van der Waals surface area (Å²) in [6.07, 6.45) is 0. The van der Waals surface area contributed by atoms with Crippen LogP contribution in [0.25, 0.3) is 5.69 Å². The van der Waals surface area contributed by atoms with Crippen LogP contribution in [0.15, 0.2) is 36.4 Å². The van der Waals surface area contributed by atoms with E-state index in [2.05, 4.69) is 14.3 Å². The van der Waals surface area contributed by atoms with Crippen molar-refractivity contribution in [3.8, 4) is 17.2 Å². The molecule has 0 radical (unpaired) electrons. The van der Waals surface area contributed by atoms with Gasteiger partial charge in [-0.15, -0.1) is 5.10 Å². The third-order valence-electron chi connectivity index (χ3n) is 3.73. The van der Waals surface area contributed by atoms with Crippen molar-refractivity contribution in [1.82, 2.24) is 14.8 Å².